The lowest BCUT2D eigenvalue weighted by Crippen LogP contribution is -2.44. The molecule has 0 aliphatic carbocycles. The number of likely N-dealkylation sites (tertiary alicyclic amines) is 1. The van der Waals surface area contributed by atoms with Crippen molar-refractivity contribution in [2.75, 3.05) is 19.7 Å². The predicted molar refractivity (Wildman–Crippen MR) is 97.3 cm³/mol. The topological polar surface area (TPSA) is 21.7 Å². The summed E-state index contributed by atoms with van der Waals surface area (Å²) in [4.78, 5) is 2.30. The highest BCUT2D eigenvalue weighted by molar-refractivity contribution is 5.23. The number of piperidine rings is 1. The summed E-state index contributed by atoms with van der Waals surface area (Å²) in [5.74, 6) is 1.21. The van der Waals surface area contributed by atoms with Gasteiger partial charge in [0.1, 0.15) is 23.1 Å². The van der Waals surface area contributed by atoms with Gasteiger partial charge in [-0.3, -0.25) is 4.90 Å². The molecule has 1 fully saturated rings. The largest absolute Gasteiger partial charge is 0.493 e. The van der Waals surface area contributed by atoms with E-state index in [2.05, 4.69) is 11.8 Å². The van der Waals surface area contributed by atoms with E-state index in [0.717, 1.165) is 32.4 Å². The molecule has 1 atom stereocenters. The molecule has 3 rings (SSSR count). The van der Waals surface area contributed by atoms with Gasteiger partial charge in [0.2, 0.25) is 0 Å². The smallest absolute Gasteiger partial charge is 0.152 e. The number of rotatable bonds is 7. The molecule has 0 aromatic heterocycles. The highest BCUT2D eigenvalue weighted by Crippen LogP contribution is 2.24. The summed E-state index contributed by atoms with van der Waals surface area (Å²) in [6, 6.07) is 12.4. The van der Waals surface area contributed by atoms with Crippen molar-refractivity contribution in [1.29, 1.82) is 0 Å². The molecule has 0 bridgehead atoms. The Morgan fingerprint density at radius 3 is 2.38 bits per heavy atom. The van der Waals surface area contributed by atoms with Crippen LogP contribution in [0.2, 0.25) is 0 Å². The van der Waals surface area contributed by atoms with Gasteiger partial charge in [0.05, 0.1) is 6.61 Å². The van der Waals surface area contributed by atoms with E-state index in [4.69, 9.17) is 9.47 Å². The maximum atomic E-state index is 13.3. The average molecular weight is 361 g/mol. The molecule has 5 heteroatoms. The summed E-state index contributed by atoms with van der Waals surface area (Å²) in [5.41, 5.74) is 0. The van der Waals surface area contributed by atoms with Crippen molar-refractivity contribution in [3.05, 3.63) is 60.2 Å². The van der Waals surface area contributed by atoms with Gasteiger partial charge in [-0.2, -0.15) is 0 Å². The first-order valence-electron chi connectivity index (χ1n) is 9.18. The first-order chi connectivity index (χ1) is 12.6. The van der Waals surface area contributed by atoms with Crippen LogP contribution in [0.4, 0.5) is 8.78 Å². The summed E-state index contributed by atoms with van der Waals surface area (Å²) < 4.78 is 38.0. The zero-order valence-corrected chi connectivity index (χ0v) is 15.0. The van der Waals surface area contributed by atoms with Crippen molar-refractivity contribution < 1.29 is 18.3 Å². The minimum atomic E-state index is -0.283. The molecule has 0 radical (unpaired) electrons. The van der Waals surface area contributed by atoms with Crippen LogP contribution in [-0.4, -0.2) is 30.8 Å². The fourth-order valence-corrected chi connectivity index (χ4v) is 3.27. The Labute approximate surface area is 153 Å². The van der Waals surface area contributed by atoms with Crippen molar-refractivity contribution in [3.8, 4) is 11.5 Å². The van der Waals surface area contributed by atoms with Crippen LogP contribution < -0.4 is 9.47 Å². The van der Waals surface area contributed by atoms with Crippen molar-refractivity contribution in [3.63, 3.8) is 0 Å². The second-order valence-electron chi connectivity index (χ2n) is 6.68. The molecule has 0 amide bonds. The Morgan fingerprint density at radius 2 is 1.73 bits per heavy atom. The van der Waals surface area contributed by atoms with E-state index < -0.39 is 0 Å². The Balaban J connectivity index is 1.46. The Kier molecular flexibility index (Phi) is 6.45. The number of hydrogen-bond donors (Lipinski definition) is 0. The lowest BCUT2D eigenvalue weighted by molar-refractivity contribution is -0.00503. The lowest BCUT2D eigenvalue weighted by Gasteiger charge is -2.37. The minimum absolute atomic E-state index is 0.0456. The van der Waals surface area contributed by atoms with Gasteiger partial charge < -0.3 is 9.47 Å². The molecule has 0 spiro atoms. The first kappa shape index (κ1) is 18.6. The number of halogens is 2. The third kappa shape index (κ3) is 5.18. The predicted octanol–water partition coefficient (Wildman–Crippen LogP) is 4.87. The Bertz CT molecular complexity index is 685. The second kappa shape index (κ2) is 8.99. The van der Waals surface area contributed by atoms with E-state index in [1.807, 2.05) is 0 Å². The van der Waals surface area contributed by atoms with Gasteiger partial charge in [0.15, 0.2) is 6.23 Å². The van der Waals surface area contributed by atoms with Crippen LogP contribution >= 0.6 is 0 Å². The number of ether oxygens (including phenoxy) is 2. The Hall–Kier alpha value is -2.14. The molecule has 1 saturated heterocycles. The van der Waals surface area contributed by atoms with Gasteiger partial charge in [-0.15, -0.1) is 0 Å². The van der Waals surface area contributed by atoms with E-state index in [1.54, 1.807) is 24.3 Å². The maximum absolute atomic E-state index is 13.3. The van der Waals surface area contributed by atoms with Crippen LogP contribution in [-0.2, 0) is 0 Å². The summed E-state index contributed by atoms with van der Waals surface area (Å²) in [6.07, 6.45) is 2.83. The summed E-state index contributed by atoms with van der Waals surface area (Å²) in [6.45, 7) is 4.56. The Morgan fingerprint density at radius 1 is 1.00 bits per heavy atom. The third-order valence-electron chi connectivity index (χ3n) is 4.77. The molecule has 1 heterocycles. The number of nitrogens with zero attached hydrogens (tertiary/aromatic N) is 1. The van der Waals surface area contributed by atoms with Gasteiger partial charge in [-0.25, -0.2) is 8.78 Å². The zero-order chi connectivity index (χ0) is 18.4. The van der Waals surface area contributed by atoms with E-state index in [1.165, 1.54) is 24.3 Å². The van der Waals surface area contributed by atoms with Crippen molar-refractivity contribution in [2.45, 2.75) is 32.4 Å². The molecule has 1 aliphatic heterocycles. The molecule has 1 unspecified atom stereocenters. The molecule has 2 aromatic carbocycles. The van der Waals surface area contributed by atoms with Gasteiger partial charge in [-0.05, 0) is 61.6 Å². The van der Waals surface area contributed by atoms with Crippen LogP contribution in [0.1, 0.15) is 26.2 Å². The molecule has 0 saturated carbocycles. The highest BCUT2D eigenvalue weighted by Gasteiger charge is 2.25. The fraction of sp³-hybridized carbons (Fsp3) is 0.429. The van der Waals surface area contributed by atoms with Crippen LogP contribution in [0.5, 0.6) is 11.5 Å². The van der Waals surface area contributed by atoms with Crippen molar-refractivity contribution in [2.24, 2.45) is 5.92 Å². The standard InChI is InChI=1S/C21H25F2NO2/c1-2-21(26-20-5-3-4-18(23)14-20)24-12-10-16(11-13-24)15-25-19-8-6-17(22)7-9-19/h3-9,14,16,21H,2,10-13,15H2,1H3. The molecular formula is C21H25F2NO2. The normalized spacial score (nSPS) is 17.0. The third-order valence-corrected chi connectivity index (χ3v) is 4.77. The van der Waals surface area contributed by atoms with Crippen molar-refractivity contribution >= 4 is 0 Å². The highest BCUT2D eigenvalue weighted by atomic mass is 19.1. The summed E-state index contributed by atoms with van der Waals surface area (Å²) in [7, 11) is 0. The van der Waals surface area contributed by atoms with Crippen molar-refractivity contribution in [1.82, 2.24) is 4.90 Å². The first-order valence-corrected chi connectivity index (χ1v) is 9.18. The van der Waals surface area contributed by atoms with Crippen LogP contribution in [0.25, 0.3) is 0 Å². The minimum Gasteiger partial charge on any atom is -0.493 e. The van der Waals surface area contributed by atoms with Crippen LogP contribution in [0.3, 0.4) is 0 Å². The number of benzene rings is 2. The SMILES string of the molecule is CCC(Oc1cccc(F)c1)N1CCC(COc2ccc(F)cc2)CC1. The zero-order valence-electron chi connectivity index (χ0n) is 15.0. The van der Waals surface area contributed by atoms with E-state index in [9.17, 15) is 8.78 Å². The molecular weight excluding hydrogens is 336 g/mol. The fourth-order valence-electron chi connectivity index (χ4n) is 3.27. The second-order valence-corrected chi connectivity index (χ2v) is 6.68. The molecule has 26 heavy (non-hydrogen) atoms. The monoisotopic (exact) mass is 361 g/mol. The molecule has 140 valence electrons. The van der Waals surface area contributed by atoms with Crippen LogP contribution in [0.15, 0.2) is 48.5 Å². The maximum Gasteiger partial charge on any atom is 0.152 e. The number of hydrogen-bond acceptors (Lipinski definition) is 3. The van der Waals surface area contributed by atoms with Gasteiger partial charge in [0.25, 0.3) is 0 Å². The van der Waals surface area contributed by atoms with E-state index in [-0.39, 0.29) is 17.9 Å². The van der Waals surface area contributed by atoms with E-state index >= 15 is 0 Å². The summed E-state index contributed by atoms with van der Waals surface area (Å²) in [5, 5.41) is 0. The molecule has 2 aromatic rings. The summed E-state index contributed by atoms with van der Waals surface area (Å²) >= 11 is 0. The van der Waals surface area contributed by atoms with E-state index in [0.29, 0.717) is 24.0 Å². The van der Waals surface area contributed by atoms with Gasteiger partial charge >= 0.3 is 0 Å². The van der Waals surface area contributed by atoms with Crippen LogP contribution in [0, 0.1) is 17.6 Å². The average Bonchev–Trinajstić information content (AvgIpc) is 2.66. The molecule has 0 N–H and O–H groups in total. The quantitative estimate of drug-likeness (QED) is 0.702. The lowest BCUT2D eigenvalue weighted by atomic mass is 9.97. The van der Waals surface area contributed by atoms with Gasteiger partial charge in [0, 0.05) is 19.2 Å². The molecule has 3 nitrogen and oxygen atoms in total. The van der Waals surface area contributed by atoms with Gasteiger partial charge in [-0.1, -0.05) is 13.0 Å². The molecule has 1 aliphatic rings.